The number of hydrogen-bond acceptors (Lipinski definition) is 3. The minimum Gasteiger partial charge on any atom is -0.497 e. The Labute approximate surface area is 176 Å². The average Bonchev–Trinajstić information content (AvgIpc) is 2.79. The monoisotopic (exact) mass is 403 g/mol. The Morgan fingerprint density at radius 2 is 1.67 bits per heavy atom. The summed E-state index contributed by atoms with van der Waals surface area (Å²) in [5.74, 6) is 0.654. The molecule has 0 saturated carbocycles. The maximum atomic E-state index is 12.7. The molecule has 3 amide bonds. The first-order valence-corrected chi connectivity index (χ1v) is 9.68. The normalized spacial score (nSPS) is 10.2. The Morgan fingerprint density at radius 3 is 2.37 bits per heavy atom. The predicted octanol–water partition coefficient (Wildman–Crippen LogP) is 4.34. The number of carbonyl (C=O) groups excluding carboxylic acids is 2. The number of hydrogen-bond donors (Lipinski definition) is 2. The van der Waals surface area contributed by atoms with Crippen LogP contribution in [0.4, 0.5) is 16.2 Å². The predicted molar refractivity (Wildman–Crippen MR) is 119 cm³/mol. The van der Waals surface area contributed by atoms with Gasteiger partial charge >= 0.3 is 6.03 Å². The lowest BCUT2D eigenvalue weighted by molar-refractivity contribution is 0.0993. The Balaban J connectivity index is 1.53. The molecule has 0 aromatic heterocycles. The summed E-state index contributed by atoms with van der Waals surface area (Å²) in [6.45, 7) is 0.494. The largest absolute Gasteiger partial charge is 0.497 e. The van der Waals surface area contributed by atoms with Crippen LogP contribution in [0.2, 0.25) is 0 Å². The van der Waals surface area contributed by atoms with Crippen LogP contribution in [0.1, 0.15) is 15.9 Å². The molecule has 0 spiro atoms. The van der Waals surface area contributed by atoms with Crippen molar-refractivity contribution in [2.24, 2.45) is 0 Å². The number of carbonyl (C=O) groups is 2. The maximum Gasteiger partial charge on any atom is 0.319 e. The van der Waals surface area contributed by atoms with E-state index < -0.39 is 0 Å². The second kappa shape index (κ2) is 10.1. The van der Waals surface area contributed by atoms with Gasteiger partial charge in [0.1, 0.15) is 5.75 Å². The quantitative estimate of drug-likeness (QED) is 0.617. The molecule has 3 aromatic rings. The van der Waals surface area contributed by atoms with Crippen LogP contribution in [0.3, 0.4) is 0 Å². The van der Waals surface area contributed by atoms with Gasteiger partial charge in [0.05, 0.1) is 7.11 Å². The van der Waals surface area contributed by atoms with E-state index in [0.29, 0.717) is 24.2 Å². The number of ether oxygens (including phenoxy) is 1. The number of methoxy groups -OCH3 is 1. The van der Waals surface area contributed by atoms with E-state index in [1.54, 1.807) is 43.3 Å². The molecule has 6 heteroatoms. The lowest BCUT2D eigenvalue weighted by atomic mass is 10.1. The molecule has 30 heavy (non-hydrogen) atoms. The molecule has 0 unspecified atom stereocenters. The van der Waals surface area contributed by atoms with E-state index in [4.69, 9.17) is 4.74 Å². The number of rotatable bonds is 7. The molecule has 0 bridgehead atoms. The summed E-state index contributed by atoms with van der Waals surface area (Å²) in [5, 5.41) is 5.61. The third kappa shape index (κ3) is 5.61. The van der Waals surface area contributed by atoms with Crippen molar-refractivity contribution in [3.05, 3.63) is 90.0 Å². The van der Waals surface area contributed by atoms with Crippen LogP contribution in [0.5, 0.6) is 5.75 Å². The number of nitrogens with zero attached hydrogens (tertiary/aromatic N) is 1. The molecule has 2 N–H and O–H groups in total. The zero-order valence-corrected chi connectivity index (χ0v) is 17.1. The van der Waals surface area contributed by atoms with Gasteiger partial charge in [-0.2, -0.15) is 0 Å². The highest BCUT2D eigenvalue weighted by Gasteiger charge is 2.14. The van der Waals surface area contributed by atoms with Crippen LogP contribution in [0.25, 0.3) is 0 Å². The van der Waals surface area contributed by atoms with E-state index >= 15 is 0 Å². The van der Waals surface area contributed by atoms with Crippen LogP contribution >= 0.6 is 0 Å². The van der Waals surface area contributed by atoms with E-state index in [9.17, 15) is 9.59 Å². The Bertz CT molecular complexity index is 988. The van der Waals surface area contributed by atoms with Crippen molar-refractivity contribution >= 4 is 23.3 Å². The summed E-state index contributed by atoms with van der Waals surface area (Å²) in [6, 6.07) is 23.7. The van der Waals surface area contributed by atoms with Gasteiger partial charge < -0.3 is 20.3 Å². The number of urea groups is 1. The number of benzene rings is 3. The zero-order chi connectivity index (χ0) is 21.3. The van der Waals surface area contributed by atoms with E-state index in [-0.39, 0.29) is 11.9 Å². The van der Waals surface area contributed by atoms with Gasteiger partial charge in [0.15, 0.2) is 0 Å². The van der Waals surface area contributed by atoms with E-state index in [1.165, 1.54) is 0 Å². The third-order valence-electron chi connectivity index (χ3n) is 4.67. The zero-order valence-electron chi connectivity index (χ0n) is 17.1. The van der Waals surface area contributed by atoms with Gasteiger partial charge in [0.2, 0.25) is 0 Å². The minimum atomic E-state index is -0.315. The number of anilines is 2. The summed E-state index contributed by atoms with van der Waals surface area (Å²) in [7, 11) is 3.35. The molecule has 0 aliphatic carbocycles. The summed E-state index contributed by atoms with van der Waals surface area (Å²) >= 11 is 0. The molecule has 0 aliphatic rings. The molecule has 0 saturated heterocycles. The van der Waals surface area contributed by atoms with Gasteiger partial charge in [0.25, 0.3) is 5.91 Å². The van der Waals surface area contributed by atoms with Crippen LogP contribution < -0.4 is 20.3 Å². The maximum absolute atomic E-state index is 12.7. The molecular formula is C24H25N3O3. The SMILES string of the molecule is COc1ccc(CCNC(=O)Nc2cccc(C(=O)N(C)c3ccccc3)c2)cc1. The smallest absolute Gasteiger partial charge is 0.319 e. The molecule has 0 aliphatic heterocycles. The molecule has 3 aromatic carbocycles. The number of amides is 3. The van der Waals surface area contributed by atoms with E-state index in [2.05, 4.69) is 10.6 Å². The van der Waals surface area contributed by atoms with Crippen LogP contribution in [-0.4, -0.2) is 32.6 Å². The summed E-state index contributed by atoms with van der Waals surface area (Å²) in [4.78, 5) is 26.5. The molecule has 0 atom stereocenters. The first kappa shape index (κ1) is 20.9. The van der Waals surface area contributed by atoms with Crippen molar-refractivity contribution in [2.75, 3.05) is 30.9 Å². The first-order valence-electron chi connectivity index (χ1n) is 9.68. The van der Waals surface area contributed by atoms with Crippen LogP contribution in [0.15, 0.2) is 78.9 Å². The molecule has 6 nitrogen and oxygen atoms in total. The van der Waals surface area contributed by atoms with Crippen molar-refractivity contribution in [1.82, 2.24) is 5.32 Å². The fourth-order valence-electron chi connectivity index (χ4n) is 2.98. The topological polar surface area (TPSA) is 70.7 Å². The number of para-hydroxylation sites is 1. The van der Waals surface area contributed by atoms with Crippen molar-refractivity contribution in [3.8, 4) is 5.75 Å². The molecular weight excluding hydrogens is 378 g/mol. The summed E-state index contributed by atoms with van der Waals surface area (Å²) < 4.78 is 5.14. The van der Waals surface area contributed by atoms with Gasteiger partial charge in [-0.05, 0) is 54.4 Å². The van der Waals surface area contributed by atoms with Crippen molar-refractivity contribution in [3.63, 3.8) is 0 Å². The van der Waals surface area contributed by atoms with Crippen LogP contribution in [-0.2, 0) is 6.42 Å². The van der Waals surface area contributed by atoms with E-state index in [0.717, 1.165) is 17.0 Å². The van der Waals surface area contributed by atoms with Crippen molar-refractivity contribution < 1.29 is 14.3 Å². The standard InChI is InChI=1S/C24H25N3O3/c1-27(21-9-4-3-5-10-21)23(28)19-7-6-8-20(17-19)26-24(29)25-16-15-18-11-13-22(30-2)14-12-18/h3-14,17H,15-16H2,1-2H3,(H2,25,26,29). The van der Waals surface area contributed by atoms with Gasteiger partial charge in [0, 0.05) is 30.5 Å². The van der Waals surface area contributed by atoms with Crippen molar-refractivity contribution in [2.45, 2.75) is 6.42 Å². The minimum absolute atomic E-state index is 0.148. The second-order valence-corrected chi connectivity index (χ2v) is 6.76. The molecule has 0 heterocycles. The fraction of sp³-hybridized carbons (Fsp3) is 0.167. The lowest BCUT2D eigenvalue weighted by Gasteiger charge is -2.17. The summed E-state index contributed by atoms with van der Waals surface area (Å²) in [5.41, 5.74) is 2.96. The van der Waals surface area contributed by atoms with Gasteiger partial charge in [-0.25, -0.2) is 4.79 Å². The molecule has 0 radical (unpaired) electrons. The average molecular weight is 403 g/mol. The Kier molecular flexibility index (Phi) is 7.05. The lowest BCUT2D eigenvalue weighted by Crippen LogP contribution is -2.30. The Morgan fingerprint density at radius 1 is 0.933 bits per heavy atom. The number of nitrogens with one attached hydrogen (secondary N) is 2. The van der Waals surface area contributed by atoms with Gasteiger partial charge in [-0.3, -0.25) is 4.79 Å². The van der Waals surface area contributed by atoms with Gasteiger partial charge in [-0.15, -0.1) is 0 Å². The van der Waals surface area contributed by atoms with Gasteiger partial charge in [-0.1, -0.05) is 36.4 Å². The molecule has 0 fully saturated rings. The van der Waals surface area contributed by atoms with E-state index in [1.807, 2.05) is 54.6 Å². The first-order chi connectivity index (χ1) is 14.6. The van der Waals surface area contributed by atoms with Crippen LogP contribution in [0, 0.1) is 0 Å². The third-order valence-corrected chi connectivity index (χ3v) is 4.67. The molecule has 154 valence electrons. The van der Waals surface area contributed by atoms with Crippen molar-refractivity contribution in [1.29, 1.82) is 0 Å². The highest BCUT2D eigenvalue weighted by molar-refractivity contribution is 6.06. The fourth-order valence-corrected chi connectivity index (χ4v) is 2.98. The second-order valence-electron chi connectivity index (χ2n) is 6.76. The highest BCUT2D eigenvalue weighted by Crippen LogP contribution is 2.17. The molecule has 3 rings (SSSR count). The summed E-state index contributed by atoms with van der Waals surface area (Å²) in [6.07, 6.45) is 0.706. The highest BCUT2D eigenvalue weighted by atomic mass is 16.5. The Hall–Kier alpha value is -3.80.